The number of hydrogen-bond acceptors (Lipinski definition) is 4. The summed E-state index contributed by atoms with van der Waals surface area (Å²) in [5.74, 6) is 0. The zero-order valence-corrected chi connectivity index (χ0v) is 24.0. The molecule has 6 atom stereocenters. The first-order chi connectivity index (χ1) is 18.7. The Morgan fingerprint density at radius 3 is 1.37 bits per heavy atom. The van der Waals surface area contributed by atoms with E-state index in [0.29, 0.717) is 36.3 Å². The molecule has 0 radical (unpaired) electrons. The van der Waals surface area contributed by atoms with Gasteiger partial charge in [-0.3, -0.25) is 9.80 Å². The topological polar surface area (TPSA) is 30.5 Å². The molecule has 38 heavy (non-hydrogen) atoms. The molecule has 2 saturated carbocycles. The van der Waals surface area contributed by atoms with Gasteiger partial charge in [-0.25, -0.2) is 0 Å². The van der Waals surface area contributed by atoms with E-state index < -0.39 is 0 Å². The summed E-state index contributed by atoms with van der Waals surface area (Å²) in [4.78, 5) is 5.67. The van der Waals surface area contributed by atoms with Gasteiger partial charge in [0.15, 0.2) is 0 Å². The largest absolute Gasteiger partial charge is 0.310 e. The molecule has 1 saturated heterocycles. The average Bonchev–Trinajstić information content (AvgIpc) is 2.95. The molecular formula is C34H52N4. The summed E-state index contributed by atoms with van der Waals surface area (Å²) in [7, 11) is 0. The van der Waals surface area contributed by atoms with Crippen molar-refractivity contribution in [2.75, 3.05) is 13.1 Å². The van der Waals surface area contributed by atoms with Gasteiger partial charge in [-0.2, -0.15) is 0 Å². The lowest BCUT2D eigenvalue weighted by Crippen LogP contribution is -2.57. The van der Waals surface area contributed by atoms with Crippen molar-refractivity contribution in [1.29, 1.82) is 0 Å². The summed E-state index contributed by atoms with van der Waals surface area (Å²) < 4.78 is 0. The highest BCUT2D eigenvalue weighted by molar-refractivity contribution is 5.16. The van der Waals surface area contributed by atoms with Crippen LogP contribution in [0.2, 0.25) is 0 Å². The van der Waals surface area contributed by atoms with Crippen LogP contribution in [0.25, 0.3) is 0 Å². The molecule has 0 amide bonds. The molecule has 0 spiro atoms. The molecule has 1 aliphatic heterocycles. The van der Waals surface area contributed by atoms with Gasteiger partial charge in [0.05, 0.1) is 0 Å². The van der Waals surface area contributed by atoms with Crippen LogP contribution in [0.3, 0.4) is 0 Å². The van der Waals surface area contributed by atoms with E-state index in [0.717, 1.165) is 13.1 Å². The highest BCUT2D eigenvalue weighted by Gasteiger charge is 2.34. The minimum absolute atomic E-state index is 0.536. The van der Waals surface area contributed by atoms with Crippen molar-refractivity contribution in [1.82, 2.24) is 20.4 Å². The molecule has 5 rings (SSSR count). The van der Waals surface area contributed by atoms with Crippen molar-refractivity contribution < 1.29 is 0 Å². The van der Waals surface area contributed by atoms with Crippen molar-refractivity contribution >= 4 is 0 Å². The van der Waals surface area contributed by atoms with Crippen molar-refractivity contribution in [3.63, 3.8) is 0 Å². The molecular weight excluding hydrogens is 464 g/mol. The molecule has 4 heteroatoms. The lowest BCUT2D eigenvalue weighted by atomic mass is 9.86. The Labute approximate surface area is 232 Å². The van der Waals surface area contributed by atoms with Gasteiger partial charge < -0.3 is 10.6 Å². The van der Waals surface area contributed by atoms with Crippen molar-refractivity contribution in [2.24, 2.45) is 0 Å². The highest BCUT2D eigenvalue weighted by Crippen LogP contribution is 2.29. The fraction of sp³-hybridized carbons (Fsp3) is 0.647. The predicted molar refractivity (Wildman–Crippen MR) is 160 cm³/mol. The molecule has 0 aromatic heterocycles. The third-order valence-electron chi connectivity index (χ3n) is 9.55. The first-order valence-electron chi connectivity index (χ1n) is 15.7. The van der Waals surface area contributed by atoms with E-state index in [2.05, 4.69) is 94.9 Å². The van der Waals surface area contributed by atoms with Crippen LogP contribution >= 0.6 is 0 Å². The fourth-order valence-corrected chi connectivity index (χ4v) is 7.46. The van der Waals surface area contributed by atoms with E-state index in [1.54, 1.807) is 0 Å². The van der Waals surface area contributed by atoms with E-state index >= 15 is 0 Å². The quantitative estimate of drug-likeness (QED) is 0.495. The maximum atomic E-state index is 4.17. The lowest BCUT2D eigenvalue weighted by Gasteiger charge is -2.45. The van der Waals surface area contributed by atoms with Gasteiger partial charge in [-0.05, 0) is 63.5 Å². The van der Waals surface area contributed by atoms with E-state index in [4.69, 9.17) is 0 Å². The number of hydrogen-bond donors (Lipinski definition) is 2. The average molecular weight is 517 g/mol. The Morgan fingerprint density at radius 1 is 0.553 bits per heavy atom. The Morgan fingerprint density at radius 2 is 0.947 bits per heavy atom. The Bertz CT molecular complexity index is 857. The van der Waals surface area contributed by atoms with Gasteiger partial charge >= 0.3 is 0 Å². The summed E-state index contributed by atoms with van der Waals surface area (Å²) >= 11 is 0. The van der Waals surface area contributed by atoms with Gasteiger partial charge in [0.25, 0.3) is 0 Å². The molecule has 2 aromatic rings. The fourth-order valence-electron chi connectivity index (χ4n) is 7.46. The number of nitrogens with one attached hydrogen (secondary N) is 2. The number of nitrogens with zero attached hydrogens (tertiary/aromatic N) is 2. The summed E-state index contributed by atoms with van der Waals surface area (Å²) in [6.45, 7) is 9.37. The molecule has 3 fully saturated rings. The first-order valence-corrected chi connectivity index (χ1v) is 15.7. The minimum Gasteiger partial charge on any atom is -0.310 e. The summed E-state index contributed by atoms with van der Waals surface area (Å²) in [6, 6.07) is 25.9. The molecule has 6 unspecified atom stereocenters. The van der Waals surface area contributed by atoms with Crippen molar-refractivity contribution in [3.8, 4) is 0 Å². The molecule has 4 nitrogen and oxygen atoms in total. The summed E-state index contributed by atoms with van der Waals surface area (Å²) in [5, 5.41) is 8.34. The third-order valence-corrected chi connectivity index (χ3v) is 9.55. The van der Waals surface area contributed by atoms with Gasteiger partial charge in [0.1, 0.15) is 0 Å². The van der Waals surface area contributed by atoms with E-state index in [-0.39, 0.29) is 0 Å². The first kappa shape index (κ1) is 27.8. The second-order valence-corrected chi connectivity index (χ2v) is 12.5. The maximum absolute atomic E-state index is 4.17. The minimum atomic E-state index is 0.536. The van der Waals surface area contributed by atoms with Gasteiger partial charge in [0.2, 0.25) is 0 Å². The van der Waals surface area contributed by atoms with Crippen LogP contribution in [-0.4, -0.2) is 59.1 Å². The van der Waals surface area contributed by atoms with Crippen molar-refractivity contribution in [3.05, 3.63) is 71.8 Å². The highest BCUT2D eigenvalue weighted by atomic mass is 15.2. The number of benzene rings is 2. The standard InChI is InChI=1S/C34H52N4/c1-27-21-23-37(25-29-13-5-3-6-14-29)34-20-12-10-18-32(34)36-28(2)22-24-38(26-30-15-7-4-8-16-30)33-19-11-9-17-31(33)35-27/h3-8,13-16,27-28,31-36H,9-12,17-26H2,1-2H3. The molecule has 1 heterocycles. The smallest absolute Gasteiger partial charge is 0.0252 e. The van der Waals surface area contributed by atoms with Crippen LogP contribution in [0.15, 0.2) is 60.7 Å². The van der Waals surface area contributed by atoms with Crippen LogP contribution in [0.4, 0.5) is 0 Å². The number of rotatable bonds is 4. The Balaban J connectivity index is 1.37. The van der Waals surface area contributed by atoms with Gasteiger partial charge in [-0.1, -0.05) is 86.3 Å². The second-order valence-electron chi connectivity index (χ2n) is 12.5. The molecule has 208 valence electrons. The molecule has 2 aliphatic carbocycles. The Hall–Kier alpha value is -1.72. The molecule has 0 bridgehead atoms. The molecule has 3 aliphatic rings. The number of fused-ring (bicyclic) bond motifs is 2. The van der Waals surface area contributed by atoms with Gasteiger partial charge in [-0.15, -0.1) is 0 Å². The second kappa shape index (κ2) is 14.1. The van der Waals surface area contributed by atoms with Crippen molar-refractivity contribution in [2.45, 2.75) is 127 Å². The SMILES string of the molecule is CC1CCN(Cc2ccccc2)C2CCCCC2NC(C)CCN(Cc2ccccc2)C2CCCCC2N1. The van der Waals surface area contributed by atoms with Crippen LogP contribution in [0.5, 0.6) is 0 Å². The zero-order chi connectivity index (χ0) is 26.2. The predicted octanol–water partition coefficient (Wildman–Crippen LogP) is 6.36. The zero-order valence-electron chi connectivity index (χ0n) is 24.0. The third kappa shape index (κ3) is 7.69. The molecule has 2 aromatic carbocycles. The molecule has 2 N–H and O–H groups in total. The van der Waals surface area contributed by atoms with E-state index in [9.17, 15) is 0 Å². The summed E-state index contributed by atoms with van der Waals surface area (Å²) in [5.41, 5.74) is 2.91. The Kier molecular flexibility index (Phi) is 10.3. The summed E-state index contributed by atoms with van der Waals surface area (Å²) in [6.07, 6.45) is 13.2. The van der Waals surface area contributed by atoms with Crippen LogP contribution < -0.4 is 10.6 Å². The van der Waals surface area contributed by atoms with Crippen LogP contribution in [0, 0.1) is 0 Å². The van der Waals surface area contributed by atoms with Gasteiger partial charge in [0, 0.05) is 62.4 Å². The van der Waals surface area contributed by atoms with E-state index in [1.807, 2.05) is 0 Å². The monoisotopic (exact) mass is 516 g/mol. The van der Waals surface area contributed by atoms with Crippen LogP contribution in [0.1, 0.15) is 89.2 Å². The van der Waals surface area contributed by atoms with E-state index in [1.165, 1.54) is 88.4 Å². The van der Waals surface area contributed by atoms with Crippen LogP contribution in [-0.2, 0) is 13.1 Å². The lowest BCUT2D eigenvalue weighted by molar-refractivity contribution is 0.0810. The normalized spacial score (nSPS) is 32.6. The maximum Gasteiger partial charge on any atom is 0.0252 e.